The van der Waals surface area contributed by atoms with Crippen molar-refractivity contribution in [1.29, 1.82) is 0 Å². The molecular weight excluding hydrogens is 364 g/mol. The Morgan fingerprint density at radius 1 is 1.16 bits per heavy atom. The molecule has 0 atom stereocenters. The lowest BCUT2D eigenvalue weighted by Crippen LogP contribution is -2.16. The van der Waals surface area contributed by atoms with E-state index in [0.717, 1.165) is 5.56 Å². The molecule has 0 radical (unpaired) electrons. The van der Waals surface area contributed by atoms with Gasteiger partial charge in [0.15, 0.2) is 0 Å². The van der Waals surface area contributed by atoms with E-state index in [2.05, 4.69) is 19.9 Å². The van der Waals surface area contributed by atoms with Crippen LogP contribution in [-0.2, 0) is 23.6 Å². The Morgan fingerprint density at radius 2 is 1.84 bits per heavy atom. The van der Waals surface area contributed by atoms with Crippen LogP contribution in [0.2, 0.25) is 5.02 Å². The van der Waals surface area contributed by atoms with Crippen molar-refractivity contribution < 1.29 is 8.42 Å². The van der Waals surface area contributed by atoms with Gasteiger partial charge in [0.1, 0.15) is 11.2 Å². The minimum absolute atomic E-state index is 0.0108. The van der Waals surface area contributed by atoms with E-state index in [0.29, 0.717) is 23.0 Å². The van der Waals surface area contributed by atoms with Crippen LogP contribution in [0.3, 0.4) is 0 Å². The smallest absolute Gasteiger partial charge is 0.267 e. The molecule has 0 saturated carbocycles. The molecule has 0 unspecified atom stereocenters. The Hall–Kier alpha value is -2.39. The zero-order valence-corrected chi connectivity index (χ0v) is 15.5. The number of halogens is 1. The fourth-order valence-electron chi connectivity index (χ4n) is 2.51. The van der Waals surface area contributed by atoms with Gasteiger partial charge in [-0.05, 0) is 31.5 Å². The number of benzene rings is 1. The van der Waals surface area contributed by atoms with Crippen molar-refractivity contribution in [3.8, 4) is 0 Å². The first kappa shape index (κ1) is 17.4. The fourth-order valence-corrected chi connectivity index (χ4v) is 4.02. The molecule has 0 fully saturated rings. The number of hydrogen-bond donors (Lipinski definition) is 1. The lowest BCUT2D eigenvalue weighted by Gasteiger charge is -2.05. The summed E-state index contributed by atoms with van der Waals surface area (Å²) in [7, 11) is -2.11. The van der Waals surface area contributed by atoms with Gasteiger partial charge in [-0.3, -0.25) is 4.68 Å². The number of nitrogens with zero attached hydrogens (tertiary/aromatic N) is 5. The Kier molecular flexibility index (Phi) is 4.53. The second-order valence-electron chi connectivity index (χ2n) is 5.62. The van der Waals surface area contributed by atoms with Crippen molar-refractivity contribution in [2.45, 2.75) is 25.3 Å². The van der Waals surface area contributed by atoms with Gasteiger partial charge in [0.25, 0.3) is 16.0 Å². The van der Waals surface area contributed by atoms with Gasteiger partial charge in [-0.25, -0.2) is 17.8 Å². The average molecular weight is 381 g/mol. The third-order valence-electron chi connectivity index (χ3n) is 3.73. The predicted molar refractivity (Wildman–Crippen MR) is 94.1 cm³/mol. The topological polar surface area (TPSA) is 94.7 Å². The molecule has 2 aromatic heterocycles. The first-order chi connectivity index (χ1) is 11.8. The third kappa shape index (κ3) is 3.67. The number of hydrogen-bond acceptors (Lipinski definition) is 5. The van der Waals surface area contributed by atoms with Crippen molar-refractivity contribution in [1.82, 2.24) is 24.5 Å². The highest BCUT2D eigenvalue weighted by Crippen LogP contribution is 2.20. The summed E-state index contributed by atoms with van der Waals surface area (Å²) in [6, 6.07) is 7.31. The largest absolute Gasteiger partial charge is 0.271 e. The maximum absolute atomic E-state index is 12.6. The first-order valence-corrected chi connectivity index (χ1v) is 9.29. The van der Waals surface area contributed by atoms with Gasteiger partial charge in [-0.2, -0.15) is 10.1 Å². The van der Waals surface area contributed by atoms with Crippen LogP contribution >= 0.6 is 11.6 Å². The summed E-state index contributed by atoms with van der Waals surface area (Å²) in [5.74, 6) is 0.0108. The Bertz CT molecular complexity index is 1010. The van der Waals surface area contributed by atoms with Crippen LogP contribution in [-0.4, -0.2) is 33.0 Å². The second kappa shape index (κ2) is 6.49. The van der Waals surface area contributed by atoms with Gasteiger partial charge in [0.05, 0.1) is 17.9 Å². The Balaban J connectivity index is 1.79. The number of nitrogens with one attached hydrogen (secondary N) is 1. The number of aromatic nitrogens is 5. The number of anilines is 1. The normalized spacial score (nSPS) is 11.7. The highest BCUT2D eigenvalue weighted by Gasteiger charge is 2.25. The molecule has 0 aliphatic rings. The van der Waals surface area contributed by atoms with Crippen molar-refractivity contribution in [2.75, 3.05) is 4.72 Å². The zero-order chi connectivity index (χ0) is 18.2. The zero-order valence-electron chi connectivity index (χ0n) is 13.9. The number of sulfonamides is 1. The van der Waals surface area contributed by atoms with E-state index in [9.17, 15) is 8.42 Å². The maximum atomic E-state index is 12.6. The van der Waals surface area contributed by atoms with Crippen LogP contribution in [0.5, 0.6) is 0 Å². The fraction of sp³-hybridized carbons (Fsp3) is 0.267. The van der Waals surface area contributed by atoms with Crippen LogP contribution in [0.4, 0.5) is 5.95 Å². The molecule has 132 valence electrons. The molecule has 1 N–H and O–H groups in total. The number of aryl methyl sites for hydroxylation is 2. The minimum Gasteiger partial charge on any atom is -0.271 e. The summed E-state index contributed by atoms with van der Waals surface area (Å²) in [6.45, 7) is 3.80. The van der Waals surface area contributed by atoms with Gasteiger partial charge in [0.2, 0.25) is 0 Å². The van der Waals surface area contributed by atoms with Gasteiger partial charge >= 0.3 is 0 Å². The molecule has 0 aliphatic carbocycles. The second-order valence-corrected chi connectivity index (χ2v) is 7.68. The van der Waals surface area contributed by atoms with Crippen molar-refractivity contribution >= 4 is 27.6 Å². The lowest BCUT2D eigenvalue weighted by molar-refractivity contribution is 0.599. The molecule has 3 rings (SSSR count). The molecular formula is C15H17ClN6O2S. The third-order valence-corrected chi connectivity index (χ3v) is 5.56. The van der Waals surface area contributed by atoms with E-state index >= 15 is 0 Å². The molecule has 0 bridgehead atoms. The van der Waals surface area contributed by atoms with Crippen molar-refractivity contribution in [3.63, 3.8) is 0 Å². The van der Waals surface area contributed by atoms with E-state index in [-0.39, 0.29) is 10.8 Å². The summed E-state index contributed by atoms with van der Waals surface area (Å²) in [5, 5.41) is 8.94. The average Bonchev–Trinajstić information content (AvgIpc) is 3.05. The van der Waals surface area contributed by atoms with E-state index in [1.807, 2.05) is 12.1 Å². The molecule has 0 spiro atoms. The van der Waals surface area contributed by atoms with Gasteiger partial charge < -0.3 is 0 Å². The molecule has 0 saturated heterocycles. The minimum atomic E-state index is -3.81. The van der Waals surface area contributed by atoms with E-state index in [1.165, 1.54) is 11.0 Å². The quantitative estimate of drug-likeness (QED) is 0.731. The van der Waals surface area contributed by atoms with Gasteiger partial charge in [-0.15, -0.1) is 5.10 Å². The summed E-state index contributed by atoms with van der Waals surface area (Å²) < 4.78 is 30.7. The standard InChI is InChI=1S/C15H17ClN6O2S/c1-10-14(11(2)21(3)18-10)25(23,24)20-15-17-9-22(19-15)8-12-4-6-13(16)7-5-12/h4-7,9H,8H2,1-3H3,(H,19,20). The number of rotatable bonds is 5. The van der Waals surface area contributed by atoms with Crippen LogP contribution in [0, 0.1) is 13.8 Å². The summed E-state index contributed by atoms with van der Waals surface area (Å²) in [4.78, 5) is 4.16. The SMILES string of the molecule is Cc1nn(C)c(C)c1S(=O)(=O)Nc1ncn(Cc2ccc(Cl)cc2)n1. The molecule has 0 amide bonds. The Labute approximate surface area is 150 Å². The highest BCUT2D eigenvalue weighted by atomic mass is 35.5. The van der Waals surface area contributed by atoms with Crippen molar-refractivity contribution in [2.24, 2.45) is 7.05 Å². The van der Waals surface area contributed by atoms with Crippen LogP contribution in [0.25, 0.3) is 0 Å². The molecule has 8 nitrogen and oxygen atoms in total. The van der Waals surface area contributed by atoms with Crippen LogP contribution in [0.1, 0.15) is 17.0 Å². The molecule has 1 aromatic carbocycles. The highest BCUT2D eigenvalue weighted by molar-refractivity contribution is 7.92. The van der Waals surface area contributed by atoms with Gasteiger partial charge in [0, 0.05) is 12.1 Å². The summed E-state index contributed by atoms with van der Waals surface area (Å²) in [5.41, 5.74) is 1.95. The van der Waals surface area contributed by atoms with Gasteiger partial charge in [-0.1, -0.05) is 23.7 Å². The predicted octanol–water partition coefficient (Wildman–Crippen LogP) is 2.13. The molecule has 0 aliphatic heterocycles. The monoisotopic (exact) mass is 380 g/mol. The lowest BCUT2D eigenvalue weighted by atomic mass is 10.2. The van der Waals surface area contributed by atoms with E-state index in [1.54, 1.807) is 37.7 Å². The summed E-state index contributed by atoms with van der Waals surface area (Å²) >= 11 is 5.86. The molecule has 25 heavy (non-hydrogen) atoms. The summed E-state index contributed by atoms with van der Waals surface area (Å²) in [6.07, 6.45) is 1.47. The molecule has 3 aromatic rings. The first-order valence-electron chi connectivity index (χ1n) is 7.43. The van der Waals surface area contributed by atoms with E-state index < -0.39 is 10.0 Å². The van der Waals surface area contributed by atoms with Crippen LogP contribution < -0.4 is 4.72 Å². The van der Waals surface area contributed by atoms with Crippen LogP contribution in [0.15, 0.2) is 35.5 Å². The Morgan fingerprint density at radius 3 is 2.44 bits per heavy atom. The van der Waals surface area contributed by atoms with E-state index in [4.69, 9.17) is 11.6 Å². The molecule has 2 heterocycles. The van der Waals surface area contributed by atoms with Crippen molar-refractivity contribution in [3.05, 3.63) is 52.6 Å². The maximum Gasteiger partial charge on any atom is 0.267 e. The molecule has 10 heteroatoms.